The molecule has 108 valence electrons. The summed E-state index contributed by atoms with van der Waals surface area (Å²) in [5.74, 6) is 0.132. The molecule has 0 saturated heterocycles. The number of hydrogen-bond donors (Lipinski definition) is 1. The van der Waals surface area contributed by atoms with Gasteiger partial charge in [-0.3, -0.25) is 0 Å². The number of rotatable bonds is 2. The lowest BCUT2D eigenvalue weighted by molar-refractivity contribution is 0.474. The van der Waals surface area contributed by atoms with Crippen molar-refractivity contribution < 1.29 is 9.52 Å². The zero-order valence-electron chi connectivity index (χ0n) is 11.3. The maximum atomic E-state index is 11.5. The third kappa shape index (κ3) is 2.28. The zero-order chi connectivity index (χ0) is 15.1. The van der Waals surface area contributed by atoms with Crippen molar-refractivity contribution in [1.82, 2.24) is 0 Å². The van der Waals surface area contributed by atoms with E-state index in [2.05, 4.69) is 18.2 Å². The fourth-order valence-electron chi connectivity index (χ4n) is 2.41. The van der Waals surface area contributed by atoms with Crippen LogP contribution >= 0.6 is 23.1 Å². The quantitative estimate of drug-likeness (QED) is 0.571. The molecule has 4 aromatic rings. The highest BCUT2D eigenvalue weighted by atomic mass is 32.2. The van der Waals surface area contributed by atoms with Gasteiger partial charge < -0.3 is 9.52 Å². The van der Waals surface area contributed by atoms with E-state index in [0.717, 1.165) is 31.9 Å². The first-order chi connectivity index (χ1) is 10.7. The Labute approximate surface area is 133 Å². The van der Waals surface area contributed by atoms with Gasteiger partial charge in [0, 0.05) is 11.0 Å². The lowest BCUT2D eigenvalue weighted by Crippen LogP contribution is -1.81. The van der Waals surface area contributed by atoms with Crippen LogP contribution in [0.2, 0.25) is 0 Å². The van der Waals surface area contributed by atoms with Crippen molar-refractivity contribution in [3.63, 3.8) is 0 Å². The van der Waals surface area contributed by atoms with Gasteiger partial charge in [-0.25, -0.2) is 4.79 Å². The Balaban J connectivity index is 1.91. The second-order valence-electron chi connectivity index (χ2n) is 4.80. The minimum absolute atomic E-state index is 0.132. The standard InChI is InChI=1S/C17H10O3S2/c18-11-8-14(16-15(9-11)22-17(19)20-16)21-13-7-3-5-10-4-1-2-6-12(10)13/h1-9,18H. The smallest absolute Gasteiger partial charge is 0.396 e. The summed E-state index contributed by atoms with van der Waals surface area (Å²) in [6, 6.07) is 17.4. The number of phenolic OH excluding ortho intramolecular Hbond substituents is 1. The Morgan fingerprint density at radius 3 is 2.73 bits per heavy atom. The lowest BCUT2D eigenvalue weighted by atomic mass is 10.1. The molecule has 22 heavy (non-hydrogen) atoms. The van der Waals surface area contributed by atoms with Crippen molar-refractivity contribution in [3.05, 3.63) is 64.3 Å². The van der Waals surface area contributed by atoms with E-state index in [1.54, 1.807) is 12.1 Å². The van der Waals surface area contributed by atoms with Crippen LogP contribution in [0, 0.1) is 0 Å². The van der Waals surface area contributed by atoms with Gasteiger partial charge in [0.15, 0.2) is 5.58 Å². The first-order valence-electron chi connectivity index (χ1n) is 6.63. The summed E-state index contributed by atoms with van der Waals surface area (Å²) < 4.78 is 5.93. The molecular formula is C17H10O3S2. The van der Waals surface area contributed by atoms with Crippen LogP contribution in [0.25, 0.3) is 21.1 Å². The van der Waals surface area contributed by atoms with Crippen LogP contribution in [0.15, 0.2) is 73.6 Å². The molecule has 0 atom stereocenters. The van der Waals surface area contributed by atoms with E-state index >= 15 is 0 Å². The highest BCUT2D eigenvalue weighted by Gasteiger charge is 2.12. The average molecular weight is 326 g/mol. The van der Waals surface area contributed by atoms with E-state index in [1.165, 1.54) is 11.8 Å². The predicted molar refractivity (Wildman–Crippen MR) is 90.1 cm³/mol. The molecule has 1 heterocycles. The summed E-state index contributed by atoms with van der Waals surface area (Å²) in [7, 11) is 0. The Kier molecular flexibility index (Phi) is 3.17. The van der Waals surface area contributed by atoms with Crippen molar-refractivity contribution in [2.24, 2.45) is 0 Å². The number of fused-ring (bicyclic) bond motifs is 2. The molecule has 3 nitrogen and oxygen atoms in total. The van der Waals surface area contributed by atoms with Gasteiger partial charge >= 0.3 is 4.94 Å². The molecule has 3 aromatic carbocycles. The molecule has 0 spiro atoms. The van der Waals surface area contributed by atoms with E-state index in [-0.39, 0.29) is 10.7 Å². The summed E-state index contributed by atoms with van der Waals surface area (Å²) in [6.07, 6.45) is 0. The average Bonchev–Trinajstić information content (AvgIpc) is 2.88. The van der Waals surface area contributed by atoms with Crippen LogP contribution in [0.5, 0.6) is 5.75 Å². The van der Waals surface area contributed by atoms with Crippen molar-refractivity contribution in [3.8, 4) is 5.75 Å². The molecule has 0 aliphatic rings. The van der Waals surface area contributed by atoms with Gasteiger partial charge in [-0.1, -0.05) is 59.5 Å². The minimum Gasteiger partial charge on any atom is -0.508 e. The third-order valence-electron chi connectivity index (χ3n) is 3.35. The molecule has 0 radical (unpaired) electrons. The Hall–Kier alpha value is -2.24. The summed E-state index contributed by atoms with van der Waals surface area (Å²) >= 11 is 2.49. The van der Waals surface area contributed by atoms with E-state index in [1.807, 2.05) is 24.3 Å². The minimum atomic E-state index is -0.361. The zero-order valence-corrected chi connectivity index (χ0v) is 12.9. The van der Waals surface area contributed by atoms with Gasteiger partial charge in [-0.05, 0) is 22.9 Å². The molecule has 1 aromatic heterocycles. The van der Waals surface area contributed by atoms with Crippen molar-refractivity contribution in [2.45, 2.75) is 9.79 Å². The van der Waals surface area contributed by atoms with Crippen LogP contribution in [0.3, 0.4) is 0 Å². The van der Waals surface area contributed by atoms with E-state index < -0.39 is 0 Å². The molecule has 0 fully saturated rings. The van der Waals surface area contributed by atoms with Gasteiger partial charge in [0.2, 0.25) is 0 Å². The second-order valence-corrected chi connectivity index (χ2v) is 6.87. The molecule has 0 unspecified atom stereocenters. The van der Waals surface area contributed by atoms with E-state index in [0.29, 0.717) is 10.3 Å². The predicted octanol–water partition coefficient (Wildman–Crippen LogP) is 4.86. The van der Waals surface area contributed by atoms with Crippen LogP contribution in [-0.2, 0) is 0 Å². The Bertz CT molecular complexity index is 1040. The molecule has 4 rings (SSSR count). The molecule has 0 saturated carbocycles. The van der Waals surface area contributed by atoms with E-state index in [9.17, 15) is 9.90 Å². The molecular weight excluding hydrogens is 316 g/mol. The van der Waals surface area contributed by atoms with Gasteiger partial charge in [-0.2, -0.15) is 0 Å². The molecule has 5 heteroatoms. The normalized spacial score (nSPS) is 11.3. The fraction of sp³-hybridized carbons (Fsp3) is 0. The number of aromatic hydroxyl groups is 1. The molecule has 0 amide bonds. The Morgan fingerprint density at radius 1 is 1.00 bits per heavy atom. The van der Waals surface area contributed by atoms with Crippen molar-refractivity contribution >= 4 is 44.2 Å². The van der Waals surface area contributed by atoms with Crippen LogP contribution in [0.4, 0.5) is 0 Å². The van der Waals surface area contributed by atoms with Gasteiger partial charge in [0.05, 0.1) is 9.60 Å². The molecule has 0 aliphatic heterocycles. The van der Waals surface area contributed by atoms with Gasteiger partial charge in [-0.15, -0.1) is 0 Å². The maximum absolute atomic E-state index is 11.5. The third-order valence-corrected chi connectivity index (χ3v) is 5.23. The molecule has 0 bridgehead atoms. The first kappa shape index (κ1) is 13.4. The largest absolute Gasteiger partial charge is 0.508 e. The first-order valence-corrected chi connectivity index (χ1v) is 8.26. The SMILES string of the molecule is O=c1oc2c(Sc3cccc4ccccc34)cc(O)cc2s1. The fourth-order valence-corrected chi connectivity index (χ4v) is 4.31. The van der Waals surface area contributed by atoms with Gasteiger partial charge in [0.25, 0.3) is 0 Å². The summed E-state index contributed by atoms with van der Waals surface area (Å²) in [6.45, 7) is 0. The summed E-state index contributed by atoms with van der Waals surface area (Å²) in [4.78, 5) is 12.9. The maximum Gasteiger partial charge on any atom is 0.396 e. The highest BCUT2D eigenvalue weighted by molar-refractivity contribution is 7.99. The van der Waals surface area contributed by atoms with Gasteiger partial charge in [0.1, 0.15) is 5.75 Å². The summed E-state index contributed by atoms with van der Waals surface area (Å²) in [5.41, 5.74) is 0.533. The lowest BCUT2D eigenvalue weighted by Gasteiger charge is -2.07. The number of phenols is 1. The van der Waals surface area contributed by atoms with Crippen LogP contribution < -0.4 is 4.94 Å². The highest BCUT2D eigenvalue weighted by Crippen LogP contribution is 2.39. The van der Waals surface area contributed by atoms with E-state index in [4.69, 9.17) is 4.42 Å². The Morgan fingerprint density at radius 2 is 1.82 bits per heavy atom. The van der Waals surface area contributed by atoms with Crippen LogP contribution in [0.1, 0.15) is 0 Å². The monoisotopic (exact) mass is 326 g/mol. The number of benzene rings is 3. The van der Waals surface area contributed by atoms with Crippen molar-refractivity contribution in [2.75, 3.05) is 0 Å². The van der Waals surface area contributed by atoms with Crippen LogP contribution in [-0.4, -0.2) is 5.11 Å². The molecule has 1 N–H and O–H groups in total. The second kappa shape index (κ2) is 5.19. The number of hydrogen-bond acceptors (Lipinski definition) is 5. The summed E-state index contributed by atoms with van der Waals surface area (Å²) in [5, 5.41) is 12.1. The topological polar surface area (TPSA) is 50.4 Å². The molecule has 0 aliphatic carbocycles. The van der Waals surface area contributed by atoms with Crippen molar-refractivity contribution in [1.29, 1.82) is 0 Å².